The molecule has 1 aromatic rings. The summed E-state index contributed by atoms with van der Waals surface area (Å²) in [7, 11) is 0. The molecule has 162 valence electrons. The number of carbonyl (C=O) groups excluding carboxylic acids is 3. The number of aliphatic hydroxyl groups is 1. The van der Waals surface area contributed by atoms with Crippen LogP contribution >= 0.6 is 0 Å². The van der Waals surface area contributed by atoms with E-state index in [0.29, 0.717) is 0 Å². The molecule has 8 nitrogen and oxygen atoms in total. The molecule has 0 saturated heterocycles. The van der Waals surface area contributed by atoms with Crippen molar-refractivity contribution in [1.29, 1.82) is 0 Å². The molecule has 0 radical (unpaired) electrons. The Labute approximate surface area is 171 Å². The predicted molar refractivity (Wildman–Crippen MR) is 104 cm³/mol. The Kier molecular flexibility index (Phi) is 8.35. The van der Waals surface area contributed by atoms with E-state index in [1.54, 1.807) is 58.9 Å². The summed E-state index contributed by atoms with van der Waals surface area (Å²) in [6.07, 6.45) is -0.282. The number of hydrogen-bond donors (Lipinski definition) is 2. The van der Waals surface area contributed by atoms with Crippen molar-refractivity contribution in [3.05, 3.63) is 35.9 Å². The van der Waals surface area contributed by atoms with Gasteiger partial charge >= 0.3 is 11.9 Å². The van der Waals surface area contributed by atoms with Crippen molar-refractivity contribution in [2.45, 2.75) is 65.9 Å². The monoisotopic (exact) mass is 409 g/mol. The SMILES string of the molecule is CC(C)C[C@](O)(C(=O)OC(C)(C)C)N(O)C(=O)C(C)C(=O)OCc1ccccc1. The average molecular weight is 409 g/mol. The minimum Gasteiger partial charge on any atom is -0.460 e. The maximum Gasteiger partial charge on any atom is 0.362 e. The van der Waals surface area contributed by atoms with Crippen molar-refractivity contribution in [2.24, 2.45) is 11.8 Å². The zero-order chi connectivity index (χ0) is 22.4. The summed E-state index contributed by atoms with van der Waals surface area (Å²) >= 11 is 0. The molecule has 0 spiro atoms. The van der Waals surface area contributed by atoms with E-state index in [1.165, 1.54) is 6.92 Å². The number of rotatable bonds is 8. The summed E-state index contributed by atoms with van der Waals surface area (Å²) in [4.78, 5) is 37.4. The van der Waals surface area contributed by atoms with Gasteiger partial charge in [0.05, 0.1) is 0 Å². The van der Waals surface area contributed by atoms with Crippen LogP contribution in [-0.4, -0.2) is 44.5 Å². The van der Waals surface area contributed by atoms with Crippen LogP contribution < -0.4 is 0 Å². The van der Waals surface area contributed by atoms with E-state index in [0.717, 1.165) is 5.56 Å². The lowest BCUT2D eigenvalue weighted by atomic mass is 9.98. The first kappa shape index (κ1) is 24.6. The molecule has 0 aliphatic heterocycles. The van der Waals surface area contributed by atoms with Crippen molar-refractivity contribution in [3.63, 3.8) is 0 Å². The number of esters is 2. The summed E-state index contributed by atoms with van der Waals surface area (Å²) in [5.74, 6) is -4.95. The first-order chi connectivity index (χ1) is 13.3. The van der Waals surface area contributed by atoms with Crippen LogP contribution in [0.15, 0.2) is 30.3 Å². The van der Waals surface area contributed by atoms with E-state index in [-0.39, 0.29) is 24.0 Å². The smallest absolute Gasteiger partial charge is 0.362 e. The standard InChI is InChI=1S/C21H31NO7/c1-14(2)12-21(26,19(25)29-20(4,5)6)22(27)17(23)15(3)18(24)28-13-16-10-8-7-9-11-16/h7-11,14-15,26-27H,12-13H2,1-6H3/t15?,21-/m0/s1. The van der Waals surface area contributed by atoms with Crippen LogP contribution in [0.25, 0.3) is 0 Å². The highest BCUT2D eigenvalue weighted by Gasteiger charge is 2.50. The Morgan fingerprint density at radius 1 is 1.07 bits per heavy atom. The molecule has 0 aromatic heterocycles. The van der Waals surface area contributed by atoms with Gasteiger partial charge in [0.2, 0.25) is 0 Å². The summed E-state index contributed by atoms with van der Waals surface area (Å²) < 4.78 is 10.3. The van der Waals surface area contributed by atoms with Gasteiger partial charge in [-0.25, -0.2) is 4.79 Å². The molecule has 1 unspecified atom stereocenters. The fourth-order valence-corrected chi connectivity index (χ4v) is 2.51. The Bertz CT molecular complexity index is 711. The zero-order valence-electron chi connectivity index (χ0n) is 17.8. The summed E-state index contributed by atoms with van der Waals surface area (Å²) in [6, 6.07) is 8.87. The number of hydroxylamine groups is 2. The molecular weight excluding hydrogens is 378 g/mol. The molecule has 0 bridgehead atoms. The maximum atomic E-state index is 12.6. The molecule has 29 heavy (non-hydrogen) atoms. The van der Waals surface area contributed by atoms with Gasteiger partial charge < -0.3 is 14.6 Å². The molecule has 2 atom stereocenters. The quantitative estimate of drug-likeness (QED) is 0.223. The Morgan fingerprint density at radius 3 is 2.10 bits per heavy atom. The van der Waals surface area contributed by atoms with Gasteiger partial charge in [-0.1, -0.05) is 44.2 Å². The second-order valence-electron chi connectivity index (χ2n) is 8.38. The van der Waals surface area contributed by atoms with E-state index in [2.05, 4.69) is 0 Å². The Balaban J connectivity index is 2.93. The normalized spacial score (nSPS) is 14.7. The highest BCUT2D eigenvalue weighted by molar-refractivity contribution is 5.98. The third kappa shape index (κ3) is 7.14. The fourth-order valence-electron chi connectivity index (χ4n) is 2.51. The second-order valence-corrected chi connectivity index (χ2v) is 8.38. The van der Waals surface area contributed by atoms with Crippen LogP contribution in [-0.2, 0) is 30.5 Å². The van der Waals surface area contributed by atoms with Crippen molar-refractivity contribution in [3.8, 4) is 0 Å². The lowest BCUT2D eigenvalue weighted by Crippen LogP contribution is -2.59. The lowest BCUT2D eigenvalue weighted by molar-refractivity contribution is -0.267. The third-order valence-electron chi connectivity index (χ3n) is 3.93. The van der Waals surface area contributed by atoms with Crippen LogP contribution in [0.2, 0.25) is 0 Å². The van der Waals surface area contributed by atoms with Crippen LogP contribution in [0.4, 0.5) is 0 Å². The topological polar surface area (TPSA) is 113 Å². The van der Waals surface area contributed by atoms with Gasteiger partial charge in [0.15, 0.2) is 0 Å². The number of amides is 1. The molecule has 0 saturated carbocycles. The fraction of sp³-hybridized carbons (Fsp3) is 0.571. The summed E-state index contributed by atoms with van der Waals surface area (Å²) in [5, 5.41) is 21.1. The van der Waals surface area contributed by atoms with Crippen LogP contribution in [0.3, 0.4) is 0 Å². The van der Waals surface area contributed by atoms with Gasteiger partial charge in [-0.05, 0) is 39.2 Å². The highest BCUT2D eigenvalue weighted by atomic mass is 16.6. The number of hydrogen-bond acceptors (Lipinski definition) is 7. The van der Waals surface area contributed by atoms with E-state index in [1.807, 2.05) is 6.07 Å². The first-order valence-electron chi connectivity index (χ1n) is 9.47. The van der Waals surface area contributed by atoms with Crippen LogP contribution in [0, 0.1) is 11.8 Å². The largest absolute Gasteiger partial charge is 0.460 e. The summed E-state index contributed by atoms with van der Waals surface area (Å²) in [6.45, 7) is 9.35. The van der Waals surface area contributed by atoms with Crippen molar-refractivity contribution in [1.82, 2.24) is 5.06 Å². The van der Waals surface area contributed by atoms with E-state index in [4.69, 9.17) is 9.47 Å². The number of benzene rings is 1. The number of nitrogens with zero attached hydrogens (tertiary/aromatic N) is 1. The molecule has 0 aliphatic carbocycles. The van der Waals surface area contributed by atoms with Gasteiger partial charge in [-0.15, -0.1) is 0 Å². The van der Waals surface area contributed by atoms with Crippen molar-refractivity contribution >= 4 is 17.8 Å². The molecule has 1 rings (SSSR count). The molecule has 1 aromatic carbocycles. The number of ether oxygens (including phenoxy) is 2. The Morgan fingerprint density at radius 2 is 1.62 bits per heavy atom. The highest BCUT2D eigenvalue weighted by Crippen LogP contribution is 2.26. The molecule has 1 amide bonds. The lowest BCUT2D eigenvalue weighted by Gasteiger charge is -2.36. The first-order valence-corrected chi connectivity index (χ1v) is 9.47. The zero-order valence-corrected chi connectivity index (χ0v) is 17.8. The molecule has 0 fully saturated rings. The van der Waals surface area contributed by atoms with Gasteiger partial charge in [0.1, 0.15) is 18.1 Å². The minimum atomic E-state index is -2.63. The van der Waals surface area contributed by atoms with Gasteiger partial charge in [-0.2, -0.15) is 5.06 Å². The van der Waals surface area contributed by atoms with Crippen molar-refractivity contribution < 1.29 is 34.2 Å². The molecule has 0 heterocycles. The van der Waals surface area contributed by atoms with Crippen molar-refractivity contribution in [2.75, 3.05) is 0 Å². The molecule has 8 heteroatoms. The summed E-state index contributed by atoms with van der Waals surface area (Å²) in [5.41, 5.74) is -2.86. The molecular formula is C21H31NO7. The number of carbonyl (C=O) groups is 3. The molecule has 0 aliphatic rings. The van der Waals surface area contributed by atoms with Gasteiger partial charge in [0, 0.05) is 6.42 Å². The average Bonchev–Trinajstić information content (AvgIpc) is 2.63. The van der Waals surface area contributed by atoms with Crippen LogP contribution in [0.1, 0.15) is 53.5 Å². The predicted octanol–water partition coefficient (Wildman–Crippen LogP) is 2.66. The molecule has 2 N–H and O–H groups in total. The Hall–Kier alpha value is -2.45. The van der Waals surface area contributed by atoms with Crippen LogP contribution in [0.5, 0.6) is 0 Å². The second kappa shape index (κ2) is 9.84. The third-order valence-corrected chi connectivity index (χ3v) is 3.93. The van der Waals surface area contributed by atoms with Gasteiger partial charge in [-0.3, -0.25) is 14.8 Å². The van der Waals surface area contributed by atoms with E-state index < -0.39 is 35.1 Å². The maximum absolute atomic E-state index is 12.6. The van der Waals surface area contributed by atoms with E-state index in [9.17, 15) is 24.7 Å². The minimum absolute atomic E-state index is 0.0505. The van der Waals surface area contributed by atoms with Gasteiger partial charge in [0.25, 0.3) is 11.6 Å². The van der Waals surface area contributed by atoms with E-state index >= 15 is 0 Å².